The lowest BCUT2D eigenvalue weighted by Crippen LogP contribution is -2.63. The minimum Gasteiger partial charge on any atom is -0.353 e. The van der Waals surface area contributed by atoms with E-state index in [9.17, 15) is 4.79 Å². The highest BCUT2D eigenvalue weighted by Crippen LogP contribution is 2.37. The van der Waals surface area contributed by atoms with E-state index in [0.29, 0.717) is 5.92 Å². The molecule has 1 amide bonds. The van der Waals surface area contributed by atoms with Crippen LogP contribution in [0.5, 0.6) is 0 Å². The number of benzene rings is 1. The second kappa shape index (κ2) is 6.88. The summed E-state index contributed by atoms with van der Waals surface area (Å²) < 4.78 is 1.94. The lowest BCUT2D eigenvalue weighted by molar-refractivity contribution is -0.137. The number of nitrogens with one attached hydrogen (secondary N) is 1. The second-order valence-electron chi connectivity index (χ2n) is 7.96. The van der Waals surface area contributed by atoms with Crippen molar-refractivity contribution in [2.75, 3.05) is 13.1 Å². The number of hydrogen-bond donors (Lipinski definition) is 1. The number of hydrogen-bond acceptors (Lipinski definition) is 3. The van der Waals surface area contributed by atoms with Crippen molar-refractivity contribution in [1.82, 2.24) is 20.0 Å². The molecule has 26 heavy (non-hydrogen) atoms. The Morgan fingerprint density at radius 1 is 1.19 bits per heavy atom. The third-order valence-electron chi connectivity index (χ3n) is 5.96. The molecule has 1 aromatic heterocycles. The Morgan fingerprint density at radius 3 is 2.62 bits per heavy atom. The fourth-order valence-electron chi connectivity index (χ4n) is 4.38. The number of rotatable bonds is 4. The maximum Gasteiger partial charge on any atom is 0.240 e. The number of piperazine rings is 1. The third kappa shape index (κ3) is 3.05. The van der Waals surface area contributed by atoms with Crippen molar-refractivity contribution < 1.29 is 4.79 Å². The van der Waals surface area contributed by atoms with Crippen molar-refractivity contribution >= 4 is 5.91 Å². The van der Waals surface area contributed by atoms with E-state index in [4.69, 9.17) is 0 Å². The molecule has 2 aliphatic rings. The first-order valence-electron chi connectivity index (χ1n) is 9.76. The molecule has 1 saturated heterocycles. The van der Waals surface area contributed by atoms with E-state index in [-0.39, 0.29) is 11.4 Å². The molecule has 138 valence electrons. The van der Waals surface area contributed by atoms with Gasteiger partial charge in [-0.1, -0.05) is 38.8 Å². The van der Waals surface area contributed by atoms with E-state index >= 15 is 0 Å². The topological polar surface area (TPSA) is 50.2 Å². The highest BCUT2D eigenvalue weighted by atomic mass is 16.2. The second-order valence-corrected chi connectivity index (χ2v) is 7.96. The van der Waals surface area contributed by atoms with Crippen molar-refractivity contribution in [3.63, 3.8) is 0 Å². The van der Waals surface area contributed by atoms with Gasteiger partial charge in [-0.2, -0.15) is 5.10 Å². The van der Waals surface area contributed by atoms with Gasteiger partial charge in [-0.25, -0.2) is 4.68 Å². The summed E-state index contributed by atoms with van der Waals surface area (Å²) in [6, 6.07) is 8.59. The highest BCUT2D eigenvalue weighted by Gasteiger charge is 2.47. The summed E-state index contributed by atoms with van der Waals surface area (Å²) in [5, 5.41) is 7.62. The van der Waals surface area contributed by atoms with E-state index in [1.54, 1.807) is 0 Å². The Labute approximate surface area is 155 Å². The molecule has 0 unspecified atom stereocenters. The van der Waals surface area contributed by atoms with Crippen molar-refractivity contribution in [1.29, 1.82) is 0 Å². The fourth-order valence-corrected chi connectivity index (χ4v) is 4.38. The van der Waals surface area contributed by atoms with Gasteiger partial charge in [-0.15, -0.1) is 0 Å². The number of nitrogens with zero attached hydrogens (tertiary/aromatic N) is 3. The quantitative estimate of drug-likeness (QED) is 0.919. The molecule has 1 aliphatic heterocycles. The Morgan fingerprint density at radius 2 is 1.92 bits per heavy atom. The SMILES string of the molecule is CC(C)c1ccc(-n2cc(CN3CCNC(=O)C34CCCC4)cn2)cc1. The van der Waals surface area contributed by atoms with Gasteiger partial charge in [0.2, 0.25) is 5.91 Å². The molecule has 2 heterocycles. The van der Waals surface area contributed by atoms with Gasteiger partial charge in [-0.3, -0.25) is 9.69 Å². The van der Waals surface area contributed by atoms with Crippen LogP contribution in [0.2, 0.25) is 0 Å². The monoisotopic (exact) mass is 352 g/mol. The molecule has 2 aromatic rings. The van der Waals surface area contributed by atoms with Gasteiger partial charge in [0.15, 0.2) is 0 Å². The Kier molecular flexibility index (Phi) is 4.57. The third-order valence-corrected chi connectivity index (χ3v) is 5.96. The van der Waals surface area contributed by atoms with Gasteiger partial charge in [0.05, 0.1) is 11.9 Å². The maximum absolute atomic E-state index is 12.6. The Balaban J connectivity index is 1.52. The lowest BCUT2D eigenvalue weighted by Gasteiger charge is -2.43. The maximum atomic E-state index is 12.6. The molecule has 1 aromatic carbocycles. The molecule has 1 aliphatic carbocycles. The minimum absolute atomic E-state index is 0.220. The molecule has 1 saturated carbocycles. The average Bonchev–Trinajstić information content (AvgIpc) is 3.30. The zero-order valence-electron chi connectivity index (χ0n) is 15.7. The van der Waals surface area contributed by atoms with E-state index in [1.165, 1.54) is 11.1 Å². The number of carbonyl (C=O) groups is 1. The lowest BCUT2D eigenvalue weighted by atomic mass is 9.91. The van der Waals surface area contributed by atoms with Crippen LogP contribution in [0.4, 0.5) is 0 Å². The average molecular weight is 352 g/mol. The standard InChI is InChI=1S/C21H28N4O/c1-16(2)18-5-7-19(8-6-18)25-15-17(13-23-25)14-24-12-11-22-20(26)21(24)9-3-4-10-21/h5-8,13,15-16H,3-4,9-12,14H2,1-2H3,(H,22,26). The van der Waals surface area contributed by atoms with Crippen LogP contribution in [-0.4, -0.2) is 39.2 Å². The van der Waals surface area contributed by atoms with Crippen LogP contribution in [0.25, 0.3) is 5.69 Å². The smallest absolute Gasteiger partial charge is 0.240 e. The van der Waals surface area contributed by atoms with Crippen molar-refractivity contribution in [2.45, 2.75) is 57.5 Å². The van der Waals surface area contributed by atoms with E-state index < -0.39 is 0 Å². The summed E-state index contributed by atoms with van der Waals surface area (Å²) in [5.41, 5.74) is 3.29. The molecule has 0 bridgehead atoms. The van der Waals surface area contributed by atoms with Gasteiger partial charge in [0, 0.05) is 31.4 Å². The minimum atomic E-state index is -0.292. The van der Waals surface area contributed by atoms with Gasteiger partial charge >= 0.3 is 0 Å². The van der Waals surface area contributed by atoms with Crippen LogP contribution >= 0.6 is 0 Å². The molecule has 5 heteroatoms. The fraction of sp³-hybridized carbons (Fsp3) is 0.524. The van der Waals surface area contributed by atoms with E-state index in [2.05, 4.69) is 59.6 Å². The van der Waals surface area contributed by atoms with Crippen LogP contribution in [0.1, 0.15) is 56.6 Å². The van der Waals surface area contributed by atoms with Crippen molar-refractivity contribution in [3.05, 3.63) is 47.8 Å². The van der Waals surface area contributed by atoms with Crippen LogP contribution < -0.4 is 5.32 Å². The van der Waals surface area contributed by atoms with E-state index in [0.717, 1.165) is 51.0 Å². The van der Waals surface area contributed by atoms with E-state index in [1.807, 2.05) is 10.9 Å². The Bertz CT molecular complexity index is 772. The summed E-state index contributed by atoms with van der Waals surface area (Å²) in [6.45, 7) is 6.85. The first kappa shape index (κ1) is 17.3. The van der Waals surface area contributed by atoms with Crippen LogP contribution in [0, 0.1) is 0 Å². The normalized spacial score (nSPS) is 20.0. The molecule has 0 radical (unpaired) electrons. The van der Waals surface area contributed by atoms with Crippen LogP contribution in [-0.2, 0) is 11.3 Å². The summed E-state index contributed by atoms with van der Waals surface area (Å²) in [6.07, 6.45) is 8.27. The van der Waals surface area contributed by atoms with Crippen LogP contribution in [0.15, 0.2) is 36.7 Å². The summed E-state index contributed by atoms with van der Waals surface area (Å²) in [4.78, 5) is 14.9. The van der Waals surface area contributed by atoms with Crippen molar-refractivity contribution in [2.24, 2.45) is 0 Å². The molecule has 0 atom stereocenters. The number of aromatic nitrogens is 2. The summed E-state index contributed by atoms with van der Waals surface area (Å²) in [5.74, 6) is 0.753. The largest absolute Gasteiger partial charge is 0.353 e. The van der Waals surface area contributed by atoms with Gasteiger partial charge in [-0.05, 0) is 36.5 Å². The molecule has 1 N–H and O–H groups in total. The first-order chi connectivity index (χ1) is 12.6. The summed E-state index contributed by atoms with van der Waals surface area (Å²) >= 11 is 0. The molecule has 4 rings (SSSR count). The molecular formula is C21H28N4O. The van der Waals surface area contributed by atoms with Crippen molar-refractivity contribution in [3.8, 4) is 5.69 Å². The predicted molar refractivity (Wildman–Crippen MR) is 102 cm³/mol. The molecule has 5 nitrogen and oxygen atoms in total. The summed E-state index contributed by atoms with van der Waals surface area (Å²) in [7, 11) is 0. The zero-order chi connectivity index (χ0) is 18.1. The zero-order valence-corrected chi connectivity index (χ0v) is 15.7. The van der Waals surface area contributed by atoms with Crippen LogP contribution in [0.3, 0.4) is 0 Å². The van der Waals surface area contributed by atoms with Gasteiger partial charge in [0.1, 0.15) is 5.54 Å². The first-order valence-corrected chi connectivity index (χ1v) is 9.76. The van der Waals surface area contributed by atoms with Gasteiger partial charge in [0.25, 0.3) is 0 Å². The number of carbonyl (C=O) groups excluding carboxylic acids is 1. The molecule has 1 spiro atoms. The van der Waals surface area contributed by atoms with Gasteiger partial charge < -0.3 is 5.32 Å². The Hall–Kier alpha value is -2.14. The molecule has 2 fully saturated rings. The number of amides is 1. The molecular weight excluding hydrogens is 324 g/mol. The predicted octanol–water partition coefficient (Wildman–Crippen LogP) is 3.24. The highest BCUT2D eigenvalue weighted by molar-refractivity contribution is 5.87.